The minimum absolute atomic E-state index is 0.350. The molecule has 4 aromatic rings. The molecule has 7 heteroatoms. The average Bonchev–Trinajstić information content (AvgIpc) is 3.20. The molecule has 0 fully saturated rings. The van der Waals surface area contributed by atoms with Crippen LogP contribution in [0.5, 0.6) is 0 Å². The molecule has 0 aliphatic carbocycles. The Hall–Kier alpha value is -3.40. The van der Waals surface area contributed by atoms with Crippen LogP contribution in [0.3, 0.4) is 0 Å². The Morgan fingerprint density at radius 1 is 1.28 bits per heavy atom. The molecular formula is C22H14ClN3O2S. The summed E-state index contributed by atoms with van der Waals surface area (Å²) in [5.74, 6) is 0. The number of para-hydroxylation sites is 1. The van der Waals surface area contributed by atoms with Crippen LogP contribution in [0.2, 0.25) is 5.02 Å². The highest BCUT2D eigenvalue weighted by atomic mass is 35.5. The van der Waals surface area contributed by atoms with Gasteiger partial charge in [-0.25, -0.2) is 9.78 Å². The second kappa shape index (κ2) is 7.92. The van der Waals surface area contributed by atoms with Crippen LogP contribution in [0.4, 0.5) is 5.69 Å². The van der Waals surface area contributed by atoms with Gasteiger partial charge in [0.05, 0.1) is 11.3 Å². The van der Waals surface area contributed by atoms with Crippen LogP contribution < -0.4 is 10.9 Å². The van der Waals surface area contributed by atoms with Crippen molar-refractivity contribution < 1.29 is 4.42 Å². The first kappa shape index (κ1) is 18.9. The highest BCUT2D eigenvalue weighted by Gasteiger charge is 2.13. The number of halogens is 1. The molecule has 142 valence electrons. The molecule has 29 heavy (non-hydrogen) atoms. The lowest BCUT2D eigenvalue weighted by Gasteiger charge is -2.04. The van der Waals surface area contributed by atoms with Gasteiger partial charge in [-0.05, 0) is 36.8 Å². The van der Waals surface area contributed by atoms with Gasteiger partial charge >= 0.3 is 5.63 Å². The van der Waals surface area contributed by atoms with Gasteiger partial charge in [0.25, 0.3) is 0 Å². The maximum atomic E-state index is 12.3. The van der Waals surface area contributed by atoms with E-state index in [-0.39, 0.29) is 0 Å². The summed E-state index contributed by atoms with van der Waals surface area (Å²) in [5, 5.41) is 16.3. The number of fused-ring (bicyclic) bond motifs is 1. The molecule has 4 rings (SSSR count). The minimum atomic E-state index is -0.463. The molecule has 0 radical (unpaired) electrons. The molecule has 0 spiro atoms. The van der Waals surface area contributed by atoms with E-state index in [1.165, 1.54) is 11.3 Å². The summed E-state index contributed by atoms with van der Waals surface area (Å²) < 4.78 is 5.37. The predicted molar refractivity (Wildman–Crippen MR) is 117 cm³/mol. The molecule has 0 aliphatic heterocycles. The zero-order valence-corrected chi connectivity index (χ0v) is 16.8. The molecule has 2 aromatic carbocycles. The molecular weight excluding hydrogens is 406 g/mol. The van der Waals surface area contributed by atoms with Gasteiger partial charge in [-0.2, -0.15) is 5.26 Å². The lowest BCUT2D eigenvalue weighted by Crippen LogP contribution is -2.02. The van der Waals surface area contributed by atoms with E-state index in [2.05, 4.69) is 16.4 Å². The van der Waals surface area contributed by atoms with Crippen molar-refractivity contribution in [2.24, 2.45) is 0 Å². The summed E-state index contributed by atoms with van der Waals surface area (Å²) >= 11 is 7.42. The third-order valence-electron chi connectivity index (χ3n) is 4.33. The molecule has 0 bridgehead atoms. The SMILES string of the molecule is Cc1ccc(NC=C(C#N)c2nc(-c3cc4ccccc4oc3=O)cs2)cc1Cl. The van der Waals surface area contributed by atoms with Crippen LogP contribution in [0.1, 0.15) is 10.6 Å². The van der Waals surface area contributed by atoms with Gasteiger partial charge < -0.3 is 9.73 Å². The van der Waals surface area contributed by atoms with E-state index < -0.39 is 5.63 Å². The zero-order chi connectivity index (χ0) is 20.4. The first-order valence-electron chi connectivity index (χ1n) is 8.67. The van der Waals surface area contributed by atoms with E-state index in [1.54, 1.807) is 29.8 Å². The Bertz CT molecular complexity index is 1350. The Morgan fingerprint density at radius 2 is 2.10 bits per heavy atom. The second-order valence-corrected chi connectivity index (χ2v) is 7.57. The third kappa shape index (κ3) is 3.92. The molecule has 0 saturated heterocycles. The van der Waals surface area contributed by atoms with Gasteiger partial charge in [0.1, 0.15) is 22.2 Å². The van der Waals surface area contributed by atoms with Gasteiger partial charge in [-0.1, -0.05) is 35.9 Å². The standard InChI is InChI=1S/C22H14ClN3O2S/c1-13-6-7-16(9-18(13)23)25-11-15(10-24)21-26-19(12-29-21)17-8-14-4-2-3-5-20(14)28-22(17)27/h2-9,11-12,25H,1H3. The van der Waals surface area contributed by atoms with E-state index in [0.29, 0.717) is 32.4 Å². The number of hydrogen-bond donors (Lipinski definition) is 1. The highest BCUT2D eigenvalue weighted by Crippen LogP contribution is 2.27. The van der Waals surface area contributed by atoms with Crippen LogP contribution >= 0.6 is 22.9 Å². The summed E-state index contributed by atoms with van der Waals surface area (Å²) in [6.45, 7) is 1.92. The minimum Gasteiger partial charge on any atom is -0.422 e. The second-order valence-electron chi connectivity index (χ2n) is 6.30. The van der Waals surface area contributed by atoms with Crippen LogP contribution in [0, 0.1) is 18.3 Å². The molecule has 1 N–H and O–H groups in total. The maximum Gasteiger partial charge on any atom is 0.345 e. The fourth-order valence-corrected chi connectivity index (χ4v) is 3.71. The number of aryl methyl sites for hydroxylation is 1. The predicted octanol–water partition coefficient (Wildman–Crippen LogP) is 5.85. The molecule has 0 saturated carbocycles. The van der Waals surface area contributed by atoms with Crippen molar-refractivity contribution in [1.29, 1.82) is 5.26 Å². The van der Waals surface area contributed by atoms with Crippen LogP contribution in [0.15, 0.2) is 69.3 Å². The molecule has 0 atom stereocenters. The fourth-order valence-electron chi connectivity index (χ4n) is 2.74. The van der Waals surface area contributed by atoms with Crippen molar-refractivity contribution in [2.45, 2.75) is 6.92 Å². The quantitative estimate of drug-likeness (QED) is 0.331. The largest absolute Gasteiger partial charge is 0.422 e. The van der Waals surface area contributed by atoms with E-state index in [0.717, 1.165) is 16.6 Å². The highest BCUT2D eigenvalue weighted by molar-refractivity contribution is 7.11. The van der Waals surface area contributed by atoms with Crippen molar-refractivity contribution in [3.63, 3.8) is 0 Å². The number of allylic oxidation sites excluding steroid dienone is 1. The first-order valence-corrected chi connectivity index (χ1v) is 9.93. The number of nitriles is 1. The monoisotopic (exact) mass is 419 g/mol. The summed E-state index contributed by atoms with van der Waals surface area (Å²) in [4.78, 5) is 16.8. The summed E-state index contributed by atoms with van der Waals surface area (Å²) in [6, 6.07) is 16.7. The van der Waals surface area contributed by atoms with Crippen molar-refractivity contribution in [3.8, 4) is 17.3 Å². The lowest BCUT2D eigenvalue weighted by atomic mass is 10.1. The Morgan fingerprint density at radius 3 is 2.90 bits per heavy atom. The summed E-state index contributed by atoms with van der Waals surface area (Å²) in [7, 11) is 0. The van der Waals surface area contributed by atoms with Gasteiger partial charge in [0.15, 0.2) is 0 Å². The van der Waals surface area contributed by atoms with Crippen LogP contribution in [-0.2, 0) is 0 Å². The molecule has 2 heterocycles. The smallest absolute Gasteiger partial charge is 0.345 e. The topological polar surface area (TPSA) is 78.9 Å². The van der Waals surface area contributed by atoms with E-state index in [4.69, 9.17) is 16.0 Å². The first-order chi connectivity index (χ1) is 14.0. The van der Waals surface area contributed by atoms with Gasteiger partial charge in [-0.15, -0.1) is 11.3 Å². The summed E-state index contributed by atoms with van der Waals surface area (Å²) in [5.41, 5.74) is 2.99. The number of thiazole rings is 1. The zero-order valence-electron chi connectivity index (χ0n) is 15.3. The normalized spacial score (nSPS) is 11.4. The molecule has 5 nitrogen and oxygen atoms in total. The van der Waals surface area contributed by atoms with Crippen molar-refractivity contribution >= 4 is 45.2 Å². The summed E-state index contributed by atoms with van der Waals surface area (Å²) in [6.07, 6.45) is 1.58. The Labute approximate surface area is 175 Å². The third-order valence-corrected chi connectivity index (χ3v) is 5.61. The van der Waals surface area contributed by atoms with Crippen molar-refractivity contribution in [1.82, 2.24) is 4.98 Å². The number of anilines is 1. The van der Waals surface area contributed by atoms with E-state index in [9.17, 15) is 10.1 Å². The molecule has 0 amide bonds. The maximum absolute atomic E-state index is 12.3. The van der Waals surface area contributed by atoms with Crippen LogP contribution in [-0.4, -0.2) is 4.98 Å². The van der Waals surface area contributed by atoms with Gasteiger partial charge in [-0.3, -0.25) is 0 Å². The van der Waals surface area contributed by atoms with Crippen LogP contribution in [0.25, 0.3) is 27.8 Å². The number of rotatable bonds is 4. The number of hydrogen-bond acceptors (Lipinski definition) is 6. The molecule has 0 aliphatic rings. The fraction of sp³-hybridized carbons (Fsp3) is 0.0455. The number of nitrogens with zero attached hydrogens (tertiary/aromatic N) is 2. The van der Waals surface area contributed by atoms with Crippen molar-refractivity contribution in [3.05, 3.63) is 86.1 Å². The Kier molecular flexibility index (Phi) is 5.17. The molecule has 0 unspecified atom stereocenters. The molecule has 2 aromatic heterocycles. The van der Waals surface area contributed by atoms with E-state index in [1.807, 2.05) is 37.3 Å². The number of nitrogens with one attached hydrogen (secondary N) is 1. The van der Waals surface area contributed by atoms with Gasteiger partial charge in [0, 0.05) is 27.7 Å². The van der Waals surface area contributed by atoms with Gasteiger partial charge in [0.2, 0.25) is 0 Å². The number of benzene rings is 2. The lowest BCUT2D eigenvalue weighted by molar-refractivity contribution is 0.563. The number of aromatic nitrogens is 1. The van der Waals surface area contributed by atoms with E-state index >= 15 is 0 Å². The Balaban J connectivity index is 1.65. The average molecular weight is 420 g/mol. The van der Waals surface area contributed by atoms with Crippen molar-refractivity contribution in [2.75, 3.05) is 5.32 Å².